The number of piperidine rings is 1. The number of imide groups is 1. The van der Waals surface area contributed by atoms with Crippen molar-refractivity contribution in [2.45, 2.75) is 31.6 Å². The molecule has 2 aliphatic rings. The number of alkyl halides is 3. The van der Waals surface area contributed by atoms with E-state index in [-0.39, 0.29) is 55.0 Å². The molecule has 194 valence electrons. The van der Waals surface area contributed by atoms with Crippen molar-refractivity contribution in [3.05, 3.63) is 59.4 Å². The molecule has 8 nitrogen and oxygen atoms in total. The van der Waals surface area contributed by atoms with Crippen molar-refractivity contribution < 1.29 is 27.6 Å². The van der Waals surface area contributed by atoms with Gasteiger partial charge in [0.2, 0.25) is 17.6 Å². The van der Waals surface area contributed by atoms with E-state index in [1.165, 1.54) is 11.9 Å². The molecule has 37 heavy (non-hydrogen) atoms. The fourth-order valence-electron chi connectivity index (χ4n) is 4.83. The zero-order chi connectivity index (χ0) is 25.8. The Morgan fingerprint density at radius 3 is 2.51 bits per heavy atom. The maximum absolute atomic E-state index is 13.8. The van der Waals surface area contributed by atoms with Gasteiger partial charge in [0, 0.05) is 49.4 Å². The van der Waals surface area contributed by atoms with Crippen LogP contribution in [0.15, 0.2) is 42.5 Å². The van der Waals surface area contributed by atoms with Gasteiger partial charge in [-0.3, -0.25) is 19.7 Å². The Labute approximate surface area is 216 Å². The van der Waals surface area contributed by atoms with Gasteiger partial charge in [-0.25, -0.2) is 4.98 Å². The van der Waals surface area contributed by atoms with Crippen molar-refractivity contribution >= 4 is 35.8 Å². The summed E-state index contributed by atoms with van der Waals surface area (Å²) in [6.45, 7) is 0.109. The van der Waals surface area contributed by atoms with Crippen LogP contribution in [0.2, 0.25) is 0 Å². The molecule has 3 amide bonds. The smallest absolute Gasteiger partial charge is 0.388 e. The van der Waals surface area contributed by atoms with Crippen LogP contribution in [-0.4, -0.2) is 45.3 Å². The average Bonchev–Trinajstić information content (AvgIpc) is 3.36. The third kappa shape index (κ3) is 4.55. The van der Waals surface area contributed by atoms with Gasteiger partial charge in [0.1, 0.15) is 6.04 Å². The van der Waals surface area contributed by atoms with Crippen molar-refractivity contribution in [2.75, 3.05) is 12.4 Å². The number of anilines is 1. The Hall–Kier alpha value is -3.86. The fourth-order valence-corrected chi connectivity index (χ4v) is 4.83. The lowest BCUT2D eigenvalue weighted by molar-refractivity contribution is -0.146. The summed E-state index contributed by atoms with van der Waals surface area (Å²) in [4.78, 5) is 42.2. The van der Waals surface area contributed by atoms with Gasteiger partial charge >= 0.3 is 6.18 Å². The van der Waals surface area contributed by atoms with E-state index in [1.54, 1.807) is 49.5 Å². The number of nitrogens with zero attached hydrogens (tertiary/aromatic N) is 3. The molecule has 1 unspecified atom stereocenters. The highest BCUT2D eigenvalue weighted by atomic mass is 35.5. The minimum Gasteiger partial charge on any atom is -0.388 e. The van der Waals surface area contributed by atoms with Crippen LogP contribution >= 0.6 is 12.4 Å². The molecule has 2 aliphatic heterocycles. The average molecular weight is 534 g/mol. The molecule has 1 aromatic heterocycles. The molecule has 1 fully saturated rings. The quantitative estimate of drug-likeness (QED) is 0.494. The first kappa shape index (κ1) is 26.2. The number of hydrogen-bond acceptors (Lipinski definition) is 5. The van der Waals surface area contributed by atoms with Crippen LogP contribution in [0.5, 0.6) is 0 Å². The predicted molar refractivity (Wildman–Crippen MR) is 132 cm³/mol. The van der Waals surface area contributed by atoms with Gasteiger partial charge in [0.25, 0.3) is 5.91 Å². The summed E-state index contributed by atoms with van der Waals surface area (Å²) in [6, 6.07) is 11.0. The molecular formula is C25H23ClF3N5O3. The molecule has 2 aromatic carbocycles. The van der Waals surface area contributed by atoms with E-state index in [4.69, 9.17) is 0 Å². The number of amides is 3. The van der Waals surface area contributed by atoms with Crippen LogP contribution < -0.4 is 10.6 Å². The fraction of sp³-hybridized carbons (Fsp3) is 0.280. The van der Waals surface area contributed by atoms with E-state index < -0.39 is 23.9 Å². The van der Waals surface area contributed by atoms with Crippen LogP contribution in [0.1, 0.15) is 34.6 Å². The summed E-state index contributed by atoms with van der Waals surface area (Å²) in [5.41, 5.74) is 3.06. The zero-order valence-corrected chi connectivity index (χ0v) is 20.7. The van der Waals surface area contributed by atoms with Gasteiger partial charge in [-0.2, -0.15) is 13.2 Å². The number of fused-ring (bicyclic) bond motifs is 1. The number of imidazole rings is 1. The van der Waals surface area contributed by atoms with Crippen molar-refractivity contribution in [3.8, 4) is 22.5 Å². The van der Waals surface area contributed by atoms with Gasteiger partial charge in [-0.15, -0.1) is 12.4 Å². The van der Waals surface area contributed by atoms with Crippen LogP contribution in [0, 0.1) is 0 Å². The number of rotatable bonds is 4. The number of nitrogens with one attached hydrogen (secondary N) is 2. The lowest BCUT2D eigenvalue weighted by Crippen LogP contribution is -2.52. The molecule has 2 N–H and O–H groups in total. The van der Waals surface area contributed by atoms with E-state index in [0.717, 1.165) is 10.3 Å². The normalized spacial score (nSPS) is 17.4. The third-order valence-corrected chi connectivity index (χ3v) is 6.57. The Bertz CT molecular complexity index is 1420. The molecular weight excluding hydrogens is 511 g/mol. The van der Waals surface area contributed by atoms with Gasteiger partial charge in [-0.05, 0) is 36.2 Å². The first-order valence-corrected chi connectivity index (χ1v) is 11.3. The Morgan fingerprint density at radius 1 is 1.08 bits per heavy atom. The number of carbonyl (C=O) groups excluding carboxylic acids is 3. The highest BCUT2D eigenvalue weighted by Gasteiger charge is 2.40. The Morgan fingerprint density at radius 2 is 1.84 bits per heavy atom. The number of hydrogen-bond donors (Lipinski definition) is 2. The van der Waals surface area contributed by atoms with E-state index in [1.807, 2.05) is 0 Å². The van der Waals surface area contributed by atoms with Crippen LogP contribution in [-0.2, 0) is 29.4 Å². The molecule has 1 saturated heterocycles. The monoisotopic (exact) mass is 533 g/mol. The molecule has 0 bridgehead atoms. The van der Waals surface area contributed by atoms with Gasteiger partial charge in [0.05, 0.1) is 11.4 Å². The number of aromatic nitrogens is 2. The lowest BCUT2D eigenvalue weighted by atomic mass is 10.0. The van der Waals surface area contributed by atoms with E-state index in [2.05, 4.69) is 15.6 Å². The summed E-state index contributed by atoms with van der Waals surface area (Å²) in [5, 5.41) is 5.24. The minimum atomic E-state index is -4.67. The molecule has 3 heterocycles. The Kier molecular flexibility index (Phi) is 6.76. The largest absolute Gasteiger partial charge is 0.449 e. The number of carbonyl (C=O) groups is 3. The second kappa shape index (κ2) is 9.55. The third-order valence-electron chi connectivity index (χ3n) is 6.57. The van der Waals surface area contributed by atoms with Crippen LogP contribution in [0.4, 0.5) is 18.9 Å². The summed E-state index contributed by atoms with van der Waals surface area (Å²) < 4.78 is 42.4. The van der Waals surface area contributed by atoms with Gasteiger partial charge in [0.15, 0.2) is 0 Å². The van der Waals surface area contributed by atoms with Crippen LogP contribution in [0.25, 0.3) is 22.5 Å². The summed E-state index contributed by atoms with van der Waals surface area (Å²) in [7, 11) is 3.04. The second-order valence-corrected chi connectivity index (χ2v) is 8.79. The zero-order valence-electron chi connectivity index (χ0n) is 19.8. The predicted octanol–water partition coefficient (Wildman–Crippen LogP) is 4.00. The van der Waals surface area contributed by atoms with Gasteiger partial charge in [-0.1, -0.05) is 18.2 Å². The second-order valence-electron chi connectivity index (χ2n) is 8.79. The standard InChI is InChI=1S/C25H22F3N5O3.ClH/c1-29-16-5-3-4-14(11-16)21-20(31-24(32(21)2)25(26,27)28)13-6-7-17-15(10-13)12-33(23(17)36)18-8-9-19(34)30-22(18)35;/h3-7,10-11,18,29H,8-9,12H2,1-2H3,(H,30,34,35);1H. The Balaban J connectivity index is 0.00000320. The maximum Gasteiger partial charge on any atom is 0.449 e. The molecule has 0 aliphatic carbocycles. The topological polar surface area (TPSA) is 96.3 Å². The van der Waals surface area contributed by atoms with E-state index in [9.17, 15) is 27.6 Å². The molecule has 0 saturated carbocycles. The maximum atomic E-state index is 13.8. The van der Waals surface area contributed by atoms with E-state index in [0.29, 0.717) is 22.3 Å². The first-order valence-electron chi connectivity index (χ1n) is 11.3. The van der Waals surface area contributed by atoms with Crippen molar-refractivity contribution in [1.82, 2.24) is 19.8 Å². The molecule has 3 aromatic rings. The van der Waals surface area contributed by atoms with E-state index >= 15 is 0 Å². The van der Waals surface area contributed by atoms with Crippen molar-refractivity contribution in [2.24, 2.45) is 7.05 Å². The molecule has 0 spiro atoms. The summed E-state index contributed by atoms with van der Waals surface area (Å²) in [6.07, 6.45) is -4.32. The molecule has 0 radical (unpaired) electrons. The first-order chi connectivity index (χ1) is 17.1. The molecule has 5 rings (SSSR count). The van der Waals surface area contributed by atoms with Gasteiger partial charge < -0.3 is 14.8 Å². The highest BCUT2D eigenvalue weighted by Crippen LogP contribution is 2.40. The van der Waals surface area contributed by atoms with Crippen molar-refractivity contribution in [1.29, 1.82) is 0 Å². The van der Waals surface area contributed by atoms with Crippen LogP contribution in [0.3, 0.4) is 0 Å². The van der Waals surface area contributed by atoms with Crippen molar-refractivity contribution in [3.63, 3.8) is 0 Å². The summed E-state index contributed by atoms with van der Waals surface area (Å²) in [5.74, 6) is -2.30. The molecule has 1 atom stereocenters. The highest BCUT2D eigenvalue weighted by molar-refractivity contribution is 6.05. The lowest BCUT2D eigenvalue weighted by Gasteiger charge is -2.29. The minimum absolute atomic E-state index is 0. The number of halogens is 4. The summed E-state index contributed by atoms with van der Waals surface area (Å²) >= 11 is 0. The molecule has 12 heteroatoms. The SMILES string of the molecule is CNc1cccc(-c2c(-c3ccc4c(c3)CN(C3CCC(=O)NC3=O)C4=O)nc(C(F)(F)F)n2C)c1.Cl. The number of benzene rings is 2.